The monoisotopic (exact) mass is 127 g/mol. The maximum absolute atomic E-state index is 5.18. The Hall–Kier alpha value is 0.640. The standard InChI is InChI=1S/C2H7ClNOP/c3-1-4-2-5-6/h4H,1-2,6H2. The van der Waals surface area contributed by atoms with E-state index < -0.39 is 0 Å². The lowest BCUT2D eigenvalue weighted by Gasteiger charge is -1.92. The quantitative estimate of drug-likeness (QED) is 0.196. The van der Waals surface area contributed by atoms with Gasteiger partial charge in [-0.1, -0.05) is 0 Å². The van der Waals surface area contributed by atoms with Gasteiger partial charge in [-0.25, -0.2) is 0 Å². The molecule has 0 aliphatic rings. The predicted octanol–water partition coefficient (Wildman–Crippen LogP) is 0.536. The highest BCUT2D eigenvalue weighted by Gasteiger charge is 1.71. The normalized spacial score (nSPS) is 9.00. The fraction of sp³-hybridized carbons (Fsp3) is 1.00. The van der Waals surface area contributed by atoms with Crippen LogP contribution in [0.1, 0.15) is 0 Å². The highest BCUT2D eigenvalue weighted by Crippen LogP contribution is 1.78. The van der Waals surface area contributed by atoms with Crippen molar-refractivity contribution >= 4 is 21.1 Å². The van der Waals surface area contributed by atoms with Gasteiger partial charge in [-0.2, -0.15) is 0 Å². The van der Waals surface area contributed by atoms with Crippen molar-refractivity contribution in [2.24, 2.45) is 0 Å². The van der Waals surface area contributed by atoms with Crippen LogP contribution >= 0.6 is 21.1 Å². The molecule has 0 aromatic carbocycles. The average Bonchev–Trinajstić information content (AvgIpc) is 1.61. The molecular weight excluding hydrogens is 120 g/mol. The van der Waals surface area contributed by atoms with Crippen LogP contribution in [-0.4, -0.2) is 12.7 Å². The predicted molar refractivity (Wildman–Crippen MR) is 29.5 cm³/mol. The van der Waals surface area contributed by atoms with Crippen LogP contribution in [0.2, 0.25) is 0 Å². The fourth-order valence-corrected chi connectivity index (χ4v) is 0.293. The summed E-state index contributed by atoms with van der Waals surface area (Å²) < 4.78 is 4.50. The molecule has 0 fully saturated rings. The summed E-state index contributed by atoms with van der Waals surface area (Å²) in [5, 5.41) is 2.72. The van der Waals surface area contributed by atoms with Crippen LogP contribution in [0.25, 0.3) is 0 Å². The fourth-order valence-electron chi connectivity index (χ4n) is 0.0975. The molecule has 38 valence electrons. The van der Waals surface area contributed by atoms with Gasteiger partial charge in [0.1, 0.15) is 6.73 Å². The Balaban J connectivity index is 2.34. The minimum absolute atomic E-state index is 0.439. The molecule has 0 saturated heterocycles. The molecule has 0 spiro atoms. The molecule has 0 heterocycles. The number of rotatable bonds is 3. The van der Waals surface area contributed by atoms with Crippen molar-refractivity contribution < 1.29 is 4.52 Å². The molecular formula is C2H7ClNOP. The van der Waals surface area contributed by atoms with Gasteiger partial charge in [0.2, 0.25) is 0 Å². The van der Waals surface area contributed by atoms with Crippen LogP contribution in [0, 0.1) is 0 Å². The Labute approximate surface area is 44.5 Å². The molecule has 0 amide bonds. The highest BCUT2D eigenvalue weighted by molar-refractivity contribution is 7.09. The minimum atomic E-state index is 0.439. The number of halogens is 1. The van der Waals surface area contributed by atoms with E-state index in [1.54, 1.807) is 0 Å². The second-order valence-electron chi connectivity index (χ2n) is 0.695. The Morgan fingerprint density at radius 2 is 2.50 bits per heavy atom. The van der Waals surface area contributed by atoms with E-state index in [1.165, 1.54) is 0 Å². The third-order valence-electron chi connectivity index (χ3n) is 0.280. The van der Waals surface area contributed by atoms with Crippen LogP contribution in [0.5, 0.6) is 0 Å². The molecule has 0 aliphatic heterocycles. The summed E-state index contributed by atoms with van der Waals surface area (Å²) in [5.74, 6) is 0. The van der Waals surface area contributed by atoms with E-state index >= 15 is 0 Å². The smallest absolute Gasteiger partial charge is 0.101 e. The number of hydrogen-bond acceptors (Lipinski definition) is 2. The summed E-state index contributed by atoms with van der Waals surface area (Å²) in [6.07, 6.45) is 0. The van der Waals surface area contributed by atoms with Crippen molar-refractivity contribution in [3.8, 4) is 0 Å². The second kappa shape index (κ2) is 5.64. The molecule has 0 saturated carbocycles. The zero-order valence-corrected chi connectivity index (χ0v) is 5.19. The lowest BCUT2D eigenvalue weighted by atomic mass is 11.2. The van der Waals surface area contributed by atoms with Gasteiger partial charge in [-0.15, -0.1) is 11.6 Å². The van der Waals surface area contributed by atoms with E-state index in [1.807, 2.05) is 0 Å². The topological polar surface area (TPSA) is 21.3 Å². The summed E-state index contributed by atoms with van der Waals surface area (Å²) in [4.78, 5) is 0. The first kappa shape index (κ1) is 6.64. The van der Waals surface area contributed by atoms with Crippen LogP contribution < -0.4 is 5.32 Å². The first-order chi connectivity index (χ1) is 2.91. The van der Waals surface area contributed by atoms with Gasteiger partial charge in [0.25, 0.3) is 0 Å². The SMILES string of the molecule is POCNCCl. The molecule has 0 aromatic rings. The van der Waals surface area contributed by atoms with Crippen molar-refractivity contribution in [3.63, 3.8) is 0 Å². The van der Waals surface area contributed by atoms with E-state index in [-0.39, 0.29) is 0 Å². The van der Waals surface area contributed by atoms with Crippen LogP contribution in [-0.2, 0) is 4.52 Å². The van der Waals surface area contributed by atoms with Crippen molar-refractivity contribution in [3.05, 3.63) is 0 Å². The van der Waals surface area contributed by atoms with Gasteiger partial charge >= 0.3 is 0 Å². The van der Waals surface area contributed by atoms with Crippen molar-refractivity contribution in [1.82, 2.24) is 5.32 Å². The van der Waals surface area contributed by atoms with Crippen LogP contribution in [0.3, 0.4) is 0 Å². The van der Waals surface area contributed by atoms with E-state index in [0.29, 0.717) is 12.7 Å². The molecule has 1 N–H and O–H groups in total. The molecule has 6 heavy (non-hydrogen) atoms. The number of alkyl halides is 1. The lowest BCUT2D eigenvalue weighted by Crippen LogP contribution is -2.11. The summed E-state index contributed by atoms with van der Waals surface area (Å²) in [6.45, 7) is 0.494. The third-order valence-corrected chi connectivity index (χ3v) is 0.636. The molecule has 1 atom stereocenters. The molecule has 0 bridgehead atoms. The Kier molecular flexibility index (Phi) is 6.24. The first-order valence-electron chi connectivity index (χ1n) is 1.50. The first-order valence-corrected chi connectivity index (χ1v) is 2.50. The maximum Gasteiger partial charge on any atom is 0.101 e. The highest BCUT2D eigenvalue weighted by atomic mass is 35.5. The van der Waals surface area contributed by atoms with Gasteiger partial charge in [0.15, 0.2) is 0 Å². The Morgan fingerprint density at radius 3 is 2.67 bits per heavy atom. The van der Waals surface area contributed by atoms with Crippen LogP contribution in [0.4, 0.5) is 0 Å². The van der Waals surface area contributed by atoms with Crippen LogP contribution in [0.15, 0.2) is 0 Å². The van der Waals surface area contributed by atoms with Gasteiger partial charge in [0, 0.05) is 9.47 Å². The lowest BCUT2D eigenvalue weighted by molar-refractivity contribution is 0.342. The maximum atomic E-state index is 5.18. The minimum Gasteiger partial charge on any atom is -0.351 e. The van der Waals surface area contributed by atoms with Crippen molar-refractivity contribution in [2.45, 2.75) is 0 Å². The molecule has 2 nitrogen and oxygen atoms in total. The largest absolute Gasteiger partial charge is 0.351 e. The molecule has 1 unspecified atom stereocenters. The summed E-state index contributed by atoms with van der Waals surface area (Å²) in [5.41, 5.74) is 0. The van der Waals surface area contributed by atoms with Gasteiger partial charge in [0.05, 0.1) is 6.00 Å². The Morgan fingerprint density at radius 1 is 1.83 bits per heavy atom. The number of nitrogens with one attached hydrogen (secondary N) is 1. The average molecular weight is 128 g/mol. The van der Waals surface area contributed by atoms with E-state index in [2.05, 4.69) is 19.3 Å². The number of hydrogen-bond donors (Lipinski definition) is 1. The molecule has 0 radical (unpaired) electrons. The van der Waals surface area contributed by atoms with Gasteiger partial charge in [-0.3, -0.25) is 5.32 Å². The van der Waals surface area contributed by atoms with Gasteiger partial charge < -0.3 is 4.52 Å². The third kappa shape index (κ3) is 4.64. The van der Waals surface area contributed by atoms with E-state index in [4.69, 9.17) is 11.6 Å². The molecule has 0 rings (SSSR count). The molecule has 0 aromatic heterocycles. The van der Waals surface area contributed by atoms with E-state index in [0.717, 1.165) is 0 Å². The summed E-state index contributed by atoms with van der Waals surface area (Å²) in [7, 11) is 2.11. The Bertz CT molecular complexity index is 25.5. The molecule has 4 heteroatoms. The van der Waals surface area contributed by atoms with Crippen molar-refractivity contribution in [2.75, 3.05) is 12.7 Å². The van der Waals surface area contributed by atoms with E-state index in [9.17, 15) is 0 Å². The zero-order valence-electron chi connectivity index (χ0n) is 3.28. The summed E-state index contributed by atoms with van der Waals surface area (Å²) in [6, 6.07) is 0.439. The summed E-state index contributed by atoms with van der Waals surface area (Å²) >= 11 is 5.18. The van der Waals surface area contributed by atoms with Gasteiger partial charge in [-0.05, 0) is 0 Å². The second-order valence-corrected chi connectivity index (χ2v) is 1.30. The van der Waals surface area contributed by atoms with Crippen molar-refractivity contribution in [1.29, 1.82) is 0 Å². The zero-order chi connectivity index (χ0) is 4.83. The molecule has 0 aliphatic carbocycles.